The van der Waals surface area contributed by atoms with E-state index >= 15 is 0 Å². The van der Waals surface area contributed by atoms with Gasteiger partial charge in [0.05, 0.1) is 28.1 Å². The van der Waals surface area contributed by atoms with Crippen LogP contribution in [0.5, 0.6) is 11.5 Å². The van der Waals surface area contributed by atoms with E-state index in [9.17, 15) is 13.7 Å². The van der Waals surface area contributed by atoms with Crippen molar-refractivity contribution in [3.05, 3.63) is 81.9 Å². The zero-order valence-electron chi connectivity index (χ0n) is 22.6. The summed E-state index contributed by atoms with van der Waals surface area (Å²) in [7, 11) is -3.25. The van der Waals surface area contributed by atoms with Crippen LogP contribution >= 0.6 is 11.6 Å². The Morgan fingerprint density at radius 1 is 1.08 bits per heavy atom. The van der Waals surface area contributed by atoms with Crippen molar-refractivity contribution in [2.75, 3.05) is 6.61 Å². The minimum Gasteiger partial charge on any atom is -0.491 e. The molecule has 0 spiro atoms. The third-order valence-electron chi connectivity index (χ3n) is 7.20. The van der Waals surface area contributed by atoms with Crippen molar-refractivity contribution in [1.29, 1.82) is 5.26 Å². The molecule has 206 valence electrons. The van der Waals surface area contributed by atoms with E-state index in [0.29, 0.717) is 40.2 Å². The number of nitrogens with zero attached hydrogens (tertiary/aromatic N) is 3. The summed E-state index contributed by atoms with van der Waals surface area (Å²) < 4.78 is 37.0. The second-order valence-corrected chi connectivity index (χ2v) is 13.1. The Balaban J connectivity index is 1.43. The fourth-order valence-electron chi connectivity index (χ4n) is 4.82. The van der Waals surface area contributed by atoms with Gasteiger partial charge >= 0.3 is 0 Å². The van der Waals surface area contributed by atoms with Gasteiger partial charge in [0, 0.05) is 11.6 Å². The molecule has 4 rings (SSSR count). The number of hydrogen-bond donors (Lipinski definition) is 0. The third kappa shape index (κ3) is 6.90. The lowest BCUT2D eigenvalue weighted by Crippen LogP contribution is -2.21. The molecule has 2 aromatic carbocycles. The topological polar surface area (TPSA) is 102 Å². The molecule has 1 heterocycles. The number of hydrogen-bond acceptors (Lipinski definition) is 7. The molecule has 1 fully saturated rings. The predicted octanol–water partition coefficient (Wildman–Crippen LogP) is 6.55. The van der Waals surface area contributed by atoms with Gasteiger partial charge in [0.2, 0.25) is 0 Å². The quantitative estimate of drug-likeness (QED) is 0.259. The van der Waals surface area contributed by atoms with Crippen molar-refractivity contribution in [1.82, 2.24) is 9.97 Å². The first-order valence-electron chi connectivity index (χ1n) is 13.3. The van der Waals surface area contributed by atoms with E-state index < -0.39 is 15.3 Å². The third-order valence-corrected chi connectivity index (χ3v) is 9.63. The molecule has 0 saturated heterocycles. The molecule has 3 aromatic rings. The van der Waals surface area contributed by atoms with Gasteiger partial charge in [-0.15, -0.1) is 0 Å². The summed E-state index contributed by atoms with van der Waals surface area (Å²) in [5.74, 6) is 1.25. The maximum Gasteiger partial charge on any atom is 0.160 e. The largest absolute Gasteiger partial charge is 0.491 e. The van der Waals surface area contributed by atoms with Gasteiger partial charge < -0.3 is 9.47 Å². The predicted molar refractivity (Wildman–Crippen MR) is 152 cm³/mol. The number of ether oxygens (including phenoxy) is 2. The molecular weight excluding hydrogens is 534 g/mol. The maximum atomic E-state index is 12.7. The van der Waals surface area contributed by atoms with Crippen LogP contribution in [0.15, 0.2) is 48.7 Å². The average molecular weight is 568 g/mol. The molecule has 39 heavy (non-hydrogen) atoms. The summed E-state index contributed by atoms with van der Waals surface area (Å²) in [6, 6.07) is 15.4. The molecule has 0 N–H and O–H groups in total. The zero-order valence-corrected chi connectivity index (χ0v) is 24.2. The SMILES string of the molecule is CCCOc1c(Cl)cc(C(C)(C)c2ccc(OCc3ccnc(CS(=O)(=O)C4CCCC4)n3)cc2)cc1C#N. The molecule has 1 aliphatic carbocycles. The van der Waals surface area contributed by atoms with E-state index in [0.717, 1.165) is 43.2 Å². The number of rotatable bonds is 11. The van der Waals surface area contributed by atoms with Crippen molar-refractivity contribution in [3.8, 4) is 17.6 Å². The van der Waals surface area contributed by atoms with E-state index in [1.807, 2.05) is 43.3 Å². The van der Waals surface area contributed by atoms with Crippen LogP contribution in [0.25, 0.3) is 0 Å². The van der Waals surface area contributed by atoms with Crippen LogP contribution < -0.4 is 9.47 Å². The van der Waals surface area contributed by atoms with Gasteiger partial charge in [-0.25, -0.2) is 18.4 Å². The van der Waals surface area contributed by atoms with Crippen molar-refractivity contribution in [3.63, 3.8) is 0 Å². The number of halogens is 1. The number of aromatic nitrogens is 2. The van der Waals surface area contributed by atoms with Crippen LogP contribution in [0, 0.1) is 11.3 Å². The Morgan fingerprint density at radius 3 is 2.46 bits per heavy atom. The van der Waals surface area contributed by atoms with Crippen molar-refractivity contribution in [2.24, 2.45) is 0 Å². The summed E-state index contributed by atoms with van der Waals surface area (Å²) in [5, 5.41) is 9.81. The molecule has 0 unspecified atom stereocenters. The van der Waals surface area contributed by atoms with Crippen molar-refractivity contribution in [2.45, 2.75) is 75.9 Å². The molecule has 1 aromatic heterocycles. The summed E-state index contributed by atoms with van der Waals surface area (Å²) in [5.41, 5.74) is 2.54. The van der Waals surface area contributed by atoms with Crippen LogP contribution in [0.3, 0.4) is 0 Å². The van der Waals surface area contributed by atoms with Gasteiger partial charge in [-0.2, -0.15) is 5.26 Å². The highest BCUT2D eigenvalue weighted by atomic mass is 35.5. The normalized spacial score (nSPS) is 14.2. The van der Waals surface area contributed by atoms with E-state index in [2.05, 4.69) is 29.9 Å². The molecule has 0 aliphatic heterocycles. The Hall–Kier alpha value is -3.15. The molecule has 7 nitrogen and oxygen atoms in total. The summed E-state index contributed by atoms with van der Waals surface area (Å²) in [4.78, 5) is 8.60. The first-order valence-corrected chi connectivity index (χ1v) is 15.4. The Morgan fingerprint density at radius 2 is 1.79 bits per heavy atom. The Kier molecular flexibility index (Phi) is 9.14. The minimum atomic E-state index is -3.25. The summed E-state index contributed by atoms with van der Waals surface area (Å²) >= 11 is 6.51. The number of benzene rings is 2. The lowest BCUT2D eigenvalue weighted by molar-refractivity contribution is 0.300. The molecule has 1 aliphatic rings. The van der Waals surface area contributed by atoms with E-state index in [-0.39, 0.29) is 17.6 Å². The van der Waals surface area contributed by atoms with Gasteiger partial charge in [-0.3, -0.25) is 0 Å². The van der Waals surface area contributed by atoms with Crippen LogP contribution in [0.4, 0.5) is 0 Å². The smallest absolute Gasteiger partial charge is 0.160 e. The highest BCUT2D eigenvalue weighted by molar-refractivity contribution is 7.91. The van der Waals surface area contributed by atoms with Crippen LogP contribution in [-0.4, -0.2) is 30.2 Å². The van der Waals surface area contributed by atoms with Gasteiger partial charge in [0.15, 0.2) is 15.6 Å². The summed E-state index contributed by atoms with van der Waals surface area (Å²) in [6.07, 6.45) is 5.78. The second-order valence-electron chi connectivity index (χ2n) is 10.4. The Bertz CT molecular complexity index is 1440. The fourth-order valence-corrected chi connectivity index (χ4v) is 6.88. The minimum absolute atomic E-state index is 0.140. The van der Waals surface area contributed by atoms with Crippen LogP contribution in [0.1, 0.15) is 81.1 Å². The van der Waals surface area contributed by atoms with Crippen molar-refractivity contribution >= 4 is 21.4 Å². The van der Waals surface area contributed by atoms with Gasteiger partial charge in [-0.05, 0) is 60.7 Å². The standard InChI is InChI=1S/C30H34ClN3O4S/c1-4-15-37-29-21(18-32)16-23(17-27(29)31)30(2,3)22-9-11-25(12-10-22)38-19-24-13-14-33-28(34-24)20-39(35,36)26-7-5-6-8-26/h9-14,16-17,26H,4-8,15,19-20H2,1-3H3. The average Bonchev–Trinajstić information content (AvgIpc) is 3.47. The molecular formula is C30H34ClN3O4S. The maximum absolute atomic E-state index is 12.7. The fraction of sp³-hybridized carbons (Fsp3) is 0.433. The lowest BCUT2D eigenvalue weighted by atomic mass is 9.77. The summed E-state index contributed by atoms with van der Waals surface area (Å²) in [6.45, 7) is 6.84. The van der Waals surface area contributed by atoms with Gasteiger partial charge in [-0.1, -0.05) is 57.3 Å². The highest BCUT2D eigenvalue weighted by Gasteiger charge is 2.30. The zero-order chi connectivity index (χ0) is 28.0. The van der Waals surface area contributed by atoms with E-state index in [1.54, 1.807) is 12.3 Å². The van der Waals surface area contributed by atoms with Crippen molar-refractivity contribution < 1.29 is 17.9 Å². The van der Waals surface area contributed by atoms with Gasteiger partial charge in [0.1, 0.15) is 30.0 Å². The molecule has 0 atom stereocenters. The second kappa shape index (κ2) is 12.4. The Labute approximate surface area is 236 Å². The molecule has 9 heteroatoms. The van der Waals surface area contributed by atoms with E-state index in [1.165, 1.54) is 0 Å². The molecule has 0 amide bonds. The number of sulfone groups is 1. The van der Waals surface area contributed by atoms with Gasteiger partial charge in [0.25, 0.3) is 0 Å². The number of nitriles is 1. The molecule has 0 radical (unpaired) electrons. The molecule has 0 bridgehead atoms. The molecule has 1 saturated carbocycles. The monoisotopic (exact) mass is 567 g/mol. The first-order chi connectivity index (χ1) is 18.6. The highest BCUT2D eigenvalue weighted by Crippen LogP contribution is 2.38. The first kappa shape index (κ1) is 28.8. The lowest BCUT2D eigenvalue weighted by Gasteiger charge is -2.27. The van der Waals surface area contributed by atoms with E-state index in [4.69, 9.17) is 21.1 Å². The van der Waals surface area contributed by atoms with Crippen LogP contribution in [-0.2, 0) is 27.6 Å². The van der Waals surface area contributed by atoms with Crippen LogP contribution in [0.2, 0.25) is 5.02 Å².